The lowest BCUT2D eigenvalue weighted by atomic mass is 9.78. The lowest BCUT2D eigenvalue weighted by Gasteiger charge is -2.33. The van der Waals surface area contributed by atoms with Crippen molar-refractivity contribution in [3.05, 3.63) is 0 Å². The summed E-state index contributed by atoms with van der Waals surface area (Å²) in [7, 11) is 0. The number of nitrogens with one attached hydrogen (secondary N) is 1. The van der Waals surface area contributed by atoms with Gasteiger partial charge in [-0.2, -0.15) is 0 Å². The van der Waals surface area contributed by atoms with Gasteiger partial charge in [-0.25, -0.2) is 0 Å². The number of carboxylic acids is 1. The van der Waals surface area contributed by atoms with Crippen LogP contribution in [0.25, 0.3) is 0 Å². The van der Waals surface area contributed by atoms with Crippen LogP contribution in [-0.2, 0) is 9.59 Å². The molecule has 118 valence electrons. The molecule has 0 bridgehead atoms. The fraction of sp³-hybridized carbons (Fsp3) is 0.867. The van der Waals surface area contributed by atoms with Crippen molar-refractivity contribution in [1.29, 1.82) is 0 Å². The van der Waals surface area contributed by atoms with Crippen LogP contribution < -0.4 is 5.32 Å². The monoisotopic (exact) mass is 287 g/mol. The average molecular weight is 287 g/mol. The van der Waals surface area contributed by atoms with Crippen LogP contribution in [0.5, 0.6) is 0 Å². The summed E-state index contributed by atoms with van der Waals surface area (Å²) in [6.45, 7) is 9.53. The molecule has 0 saturated heterocycles. The molecule has 5 nitrogen and oxygen atoms in total. The molecule has 0 heterocycles. The topological polar surface area (TPSA) is 86.6 Å². The second-order valence-corrected chi connectivity index (χ2v) is 6.47. The highest BCUT2D eigenvalue weighted by atomic mass is 16.4. The zero-order chi connectivity index (χ0) is 16.0. The van der Waals surface area contributed by atoms with Gasteiger partial charge in [0.2, 0.25) is 5.91 Å². The first-order valence-corrected chi connectivity index (χ1v) is 7.26. The molecule has 3 N–H and O–H groups in total. The number of hydrogen-bond acceptors (Lipinski definition) is 3. The zero-order valence-corrected chi connectivity index (χ0v) is 13.3. The first kappa shape index (κ1) is 18.9. The fourth-order valence-electron chi connectivity index (χ4n) is 2.28. The Labute approximate surface area is 121 Å². The van der Waals surface area contributed by atoms with Gasteiger partial charge in [-0.3, -0.25) is 9.59 Å². The molecule has 5 heteroatoms. The average Bonchev–Trinajstić information content (AvgIpc) is 2.34. The third-order valence-corrected chi connectivity index (χ3v) is 4.10. The van der Waals surface area contributed by atoms with Crippen molar-refractivity contribution in [3.63, 3.8) is 0 Å². The van der Waals surface area contributed by atoms with Crippen LogP contribution in [0.4, 0.5) is 0 Å². The number of carbonyl (C=O) groups is 2. The summed E-state index contributed by atoms with van der Waals surface area (Å²) in [5, 5.41) is 21.3. The van der Waals surface area contributed by atoms with Crippen molar-refractivity contribution in [1.82, 2.24) is 5.32 Å². The quantitative estimate of drug-likeness (QED) is 0.638. The largest absolute Gasteiger partial charge is 0.481 e. The third-order valence-electron chi connectivity index (χ3n) is 4.10. The Morgan fingerprint density at radius 2 is 1.65 bits per heavy atom. The van der Waals surface area contributed by atoms with E-state index in [4.69, 9.17) is 5.11 Å². The van der Waals surface area contributed by atoms with E-state index in [9.17, 15) is 14.7 Å². The lowest BCUT2D eigenvalue weighted by molar-refractivity contribution is -0.152. The van der Waals surface area contributed by atoms with E-state index in [1.54, 1.807) is 13.8 Å². The van der Waals surface area contributed by atoms with Crippen LogP contribution >= 0.6 is 0 Å². The molecule has 0 spiro atoms. The maximum atomic E-state index is 12.2. The summed E-state index contributed by atoms with van der Waals surface area (Å²) in [5.41, 5.74) is -1.17. The van der Waals surface area contributed by atoms with Gasteiger partial charge in [-0.1, -0.05) is 34.6 Å². The number of aliphatic carboxylic acids is 1. The molecule has 0 aromatic rings. The molecule has 0 saturated carbocycles. The summed E-state index contributed by atoms with van der Waals surface area (Å²) < 4.78 is 0. The molecule has 0 rings (SSSR count). The van der Waals surface area contributed by atoms with E-state index in [1.807, 2.05) is 20.8 Å². The van der Waals surface area contributed by atoms with E-state index < -0.39 is 11.4 Å². The van der Waals surface area contributed by atoms with E-state index in [2.05, 4.69) is 5.32 Å². The second kappa shape index (κ2) is 7.62. The van der Waals surface area contributed by atoms with Crippen LogP contribution in [0.3, 0.4) is 0 Å². The van der Waals surface area contributed by atoms with Crippen molar-refractivity contribution >= 4 is 11.9 Å². The Morgan fingerprint density at radius 1 is 1.15 bits per heavy atom. The van der Waals surface area contributed by atoms with E-state index in [1.165, 1.54) is 0 Å². The van der Waals surface area contributed by atoms with Crippen molar-refractivity contribution < 1.29 is 19.8 Å². The molecule has 0 aliphatic rings. The summed E-state index contributed by atoms with van der Waals surface area (Å²) in [6.07, 6.45) is 1.29. The second-order valence-electron chi connectivity index (χ2n) is 6.47. The molecule has 0 aliphatic carbocycles. The molecule has 0 radical (unpaired) electrons. The van der Waals surface area contributed by atoms with Gasteiger partial charge in [-0.15, -0.1) is 0 Å². The first-order chi connectivity index (χ1) is 9.12. The van der Waals surface area contributed by atoms with Gasteiger partial charge < -0.3 is 15.5 Å². The molecule has 1 amide bonds. The van der Waals surface area contributed by atoms with Gasteiger partial charge in [0, 0.05) is 19.1 Å². The lowest BCUT2D eigenvalue weighted by Crippen LogP contribution is -2.46. The maximum absolute atomic E-state index is 12.2. The summed E-state index contributed by atoms with van der Waals surface area (Å²) in [5.74, 6) is -1.18. The highest BCUT2D eigenvalue weighted by Gasteiger charge is 2.38. The fourth-order valence-corrected chi connectivity index (χ4v) is 2.28. The number of amides is 1. The van der Waals surface area contributed by atoms with Gasteiger partial charge in [0.15, 0.2) is 0 Å². The molecule has 1 atom stereocenters. The number of hydrogen-bond donors (Lipinski definition) is 3. The standard InChI is InChI=1S/C15H29NO4/c1-6-15(7-2,13(19)20)10-12(18)16-11(8-9-17)14(3,4)5/h11,17H,6-10H2,1-5H3,(H,16,18)(H,19,20). The molecular formula is C15H29NO4. The van der Waals surface area contributed by atoms with E-state index in [0.717, 1.165) is 0 Å². The molecule has 1 unspecified atom stereocenters. The maximum Gasteiger partial charge on any atom is 0.310 e. The molecular weight excluding hydrogens is 258 g/mol. The predicted molar refractivity (Wildman–Crippen MR) is 78.4 cm³/mol. The van der Waals surface area contributed by atoms with Crippen LogP contribution in [0.1, 0.15) is 60.3 Å². The molecule has 20 heavy (non-hydrogen) atoms. The SMILES string of the molecule is CCC(CC)(CC(=O)NC(CCO)C(C)(C)C)C(=O)O. The number of aliphatic hydroxyl groups is 1. The Morgan fingerprint density at radius 3 is 1.95 bits per heavy atom. The molecule has 0 aromatic carbocycles. The highest BCUT2D eigenvalue weighted by Crippen LogP contribution is 2.31. The normalized spacial score (nSPS) is 13.9. The number of carboxylic acid groups (broad SMARTS) is 1. The van der Waals surface area contributed by atoms with Crippen LogP contribution in [0.2, 0.25) is 0 Å². The highest BCUT2D eigenvalue weighted by molar-refractivity contribution is 5.85. The summed E-state index contributed by atoms with van der Waals surface area (Å²) in [6, 6.07) is -0.166. The predicted octanol–water partition coefficient (Wildman–Crippen LogP) is 2.18. The molecule has 0 aromatic heterocycles. The smallest absolute Gasteiger partial charge is 0.310 e. The minimum atomic E-state index is -0.994. The van der Waals surface area contributed by atoms with Crippen LogP contribution in [0.15, 0.2) is 0 Å². The van der Waals surface area contributed by atoms with E-state index in [0.29, 0.717) is 19.3 Å². The minimum Gasteiger partial charge on any atom is -0.481 e. The molecule has 0 aliphatic heterocycles. The van der Waals surface area contributed by atoms with Gasteiger partial charge in [0.1, 0.15) is 0 Å². The Hall–Kier alpha value is -1.10. The van der Waals surface area contributed by atoms with E-state index in [-0.39, 0.29) is 30.4 Å². The Balaban J connectivity index is 4.86. The van der Waals surface area contributed by atoms with E-state index >= 15 is 0 Å². The van der Waals surface area contributed by atoms with Crippen molar-refractivity contribution in [3.8, 4) is 0 Å². The first-order valence-electron chi connectivity index (χ1n) is 7.26. The summed E-state index contributed by atoms with van der Waals surface area (Å²) >= 11 is 0. The van der Waals surface area contributed by atoms with Crippen molar-refractivity contribution in [2.45, 2.75) is 66.3 Å². The number of carbonyl (C=O) groups excluding carboxylic acids is 1. The minimum absolute atomic E-state index is 0.00611. The Kier molecular flexibility index (Phi) is 7.20. The van der Waals surface area contributed by atoms with Gasteiger partial charge >= 0.3 is 5.97 Å². The Bertz CT molecular complexity index is 329. The molecule has 0 fully saturated rings. The number of rotatable bonds is 8. The van der Waals surface area contributed by atoms with Crippen molar-refractivity contribution in [2.24, 2.45) is 10.8 Å². The van der Waals surface area contributed by atoms with Crippen LogP contribution in [0, 0.1) is 10.8 Å². The van der Waals surface area contributed by atoms with Gasteiger partial charge in [0.25, 0.3) is 0 Å². The van der Waals surface area contributed by atoms with Gasteiger partial charge in [0.05, 0.1) is 5.41 Å². The number of aliphatic hydroxyl groups excluding tert-OH is 1. The van der Waals surface area contributed by atoms with Gasteiger partial charge in [-0.05, 0) is 24.7 Å². The summed E-state index contributed by atoms with van der Waals surface area (Å²) in [4.78, 5) is 23.6. The van der Waals surface area contributed by atoms with Crippen LogP contribution in [-0.4, -0.2) is 34.7 Å². The third kappa shape index (κ3) is 5.12. The van der Waals surface area contributed by atoms with Crippen molar-refractivity contribution in [2.75, 3.05) is 6.61 Å². The zero-order valence-electron chi connectivity index (χ0n) is 13.3.